The maximum Gasteiger partial charge on any atom is 0.0570 e. The zero-order valence-corrected chi connectivity index (χ0v) is 7.16. The number of aliphatic hydroxyl groups is 1. The first-order valence-electron chi connectivity index (χ1n) is 4.75. The smallest absolute Gasteiger partial charge is 0.0570 e. The molecule has 0 spiro atoms. The fraction of sp³-hybridized carbons (Fsp3) is 1.00. The Morgan fingerprint density at radius 3 is 2.27 bits per heavy atom. The largest absolute Gasteiger partial charge is 0.393 e. The van der Waals surface area contributed by atoms with Crippen LogP contribution in [0.4, 0.5) is 0 Å². The Morgan fingerprint density at radius 2 is 1.82 bits per heavy atom. The van der Waals surface area contributed by atoms with E-state index in [1.54, 1.807) is 0 Å². The molecule has 1 N–H and O–H groups in total. The normalized spacial score (nSPS) is 44.7. The molecule has 2 heteroatoms. The lowest BCUT2D eigenvalue weighted by Gasteiger charge is -2.36. The van der Waals surface area contributed by atoms with E-state index < -0.39 is 0 Å². The van der Waals surface area contributed by atoms with Crippen LogP contribution >= 0.6 is 0 Å². The molecule has 0 amide bonds. The summed E-state index contributed by atoms with van der Waals surface area (Å²) < 4.78 is 0. The first-order chi connectivity index (χ1) is 5.31. The van der Waals surface area contributed by atoms with E-state index in [1.165, 1.54) is 19.4 Å². The molecule has 2 aliphatic heterocycles. The SMILES string of the molecule is CCN1C2CCC1CC(O)C2. The Balaban J connectivity index is 2.06. The van der Waals surface area contributed by atoms with Crippen molar-refractivity contribution < 1.29 is 5.11 Å². The molecular weight excluding hydrogens is 138 g/mol. The summed E-state index contributed by atoms with van der Waals surface area (Å²) in [5.41, 5.74) is 0. The number of aliphatic hydroxyl groups excluding tert-OH is 1. The van der Waals surface area contributed by atoms with Gasteiger partial charge in [-0.1, -0.05) is 6.92 Å². The van der Waals surface area contributed by atoms with E-state index in [0.717, 1.165) is 12.8 Å². The second kappa shape index (κ2) is 2.76. The quantitative estimate of drug-likeness (QED) is 0.610. The minimum atomic E-state index is -0.00435. The van der Waals surface area contributed by atoms with Crippen molar-refractivity contribution in [2.45, 2.75) is 50.8 Å². The van der Waals surface area contributed by atoms with Gasteiger partial charge in [-0.2, -0.15) is 0 Å². The fourth-order valence-electron chi connectivity index (χ4n) is 2.76. The summed E-state index contributed by atoms with van der Waals surface area (Å²) >= 11 is 0. The first-order valence-corrected chi connectivity index (χ1v) is 4.75. The van der Waals surface area contributed by atoms with E-state index in [4.69, 9.17) is 0 Å². The van der Waals surface area contributed by atoms with Gasteiger partial charge in [0.05, 0.1) is 6.10 Å². The van der Waals surface area contributed by atoms with Crippen LogP contribution in [0.1, 0.15) is 32.6 Å². The van der Waals surface area contributed by atoms with Gasteiger partial charge >= 0.3 is 0 Å². The molecule has 11 heavy (non-hydrogen) atoms. The van der Waals surface area contributed by atoms with E-state index in [0.29, 0.717) is 12.1 Å². The topological polar surface area (TPSA) is 23.5 Å². The standard InChI is InChI=1S/C9H17NO/c1-2-10-7-3-4-8(10)6-9(11)5-7/h7-9,11H,2-6H2,1H3. The number of fused-ring (bicyclic) bond motifs is 2. The predicted molar refractivity (Wildman–Crippen MR) is 44.4 cm³/mol. The molecule has 2 fully saturated rings. The van der Waals surface area contributed by atoms with Crippen molar-refractivity contribution in [2.24, 2.45) is 0 Å². The number of hydrogen-bond donors (Lipinski definition) is 1. The third-order valence-corrected chi connectivity index (χ3v) is 3.22. The van der Waals surface area contributed by atoms with Gasteiger partial charge in [0.1, 0.15) is 0 Å². The number of rotatable bonds is 1. The molecule has 2 saturated heterocycles. The second-order valence-electron chi connectivity index (χ2n) is 3.84. The van der Waals surface area contributed by atoms with E-state index in [9.17, 15) is 5.11 Å². The predicted octanol–water partition coefficient (Wildman–Crippen LogP) is 0.994. The molecule has 0 radical (unpaired) electrons. The lowest BCUT2D eigenvalue weighted by Crippen LogP contribution is -2.44. The van der Waals surface area contributed by atoms with Crippen LogP contribution in [0.2, 0.25) is 0 Å². The molecule has 0 saturated carbocycles. The number of nitrogens with zero attached hydrogens (tertiary/aromatic N) is 1. The average Bonchev–Trinajstić information content (AvgIpc) is 2.23. The zero-order valence-electron chi connectivity index (χ0n) is 7.16. The van der Waals surface area contributed by atoms with Crippen LogP contribution in [0.5, 0.6) is 0 Å². The van der Waals surface area contributed by atoms with Crippen LogP contribution in [0.15, 0.2) is 0 Å². The molecule has 64 valence electrons. The van der Waals surface area contributed by atoms with E-state index in [2.05, 4.69) is 11.8 Å². The highest BCUT2D eigenvalue weighted by Gasteiger charge is 2.38. The third-order valence-electron chi connectivity index (χ3n) is 3.22. The lowest BCUT2D eigenvalue weighted by molar-refractivity contribution is 0.0387. The average molecular weight is 155 g/mol. The van der Waals surface area contributed by atoms with Crippen molar-refractivity contribution in [2.75, 3.05) is 6.54 Å². The highest BCUT2D eigenvalue weighted by atomic mass is 16.3. The maximum absolute atomic E-state index is 9.48. The van der Waals surface area contributed by atoms with Gasteiger partial charge in [-0.05, 0) is 32.2 Å². The summed E-state index contributed by atoms with van der Waals surface area (Å²) in [6, 6.07) is 1.41. The van der Waals surface area contributed by atoms with Crippen molar-refractivity contribution in [3.63, 3.8) is 0 Å². The van der Waals surface area contributed by atoms with Crippen LogP contribution in [0.3, 0.4) is 0 Å². The van der Waals surface area contributed by atoms with Gasteiger partial charge < -0.3 is 5.11 Å². The molecule has 2 bridgehead atoms. The van der Waals surface area contributed by atoms with Crippen molar-refractivity contribution in [1.29, 1.82) is 0 Å². The minimum Gasteiger partial charge on any atom is -0.393 e. The molecule has 0 aromatic carbocycles. The first kappa shape index (κ1) is 7.56. The summed E-state index contributed by atoms with van der Waals surface area (Å²) in [6.07, 6.45) is 4.66. The minimum absolute atomic E-state index is 0.00435. The number of piperidine rings is 1. The van der Waals surface area contributed by atoms with Crippen molar-refractivity contribution in [3.8, 4) is 0 Å². The Morgan fingerprint density at radius 1 is 1.27 bits per heavy atom. The molecule has 2 heterocycles. The summed E-state index contributed by atoms with van der Waals surface area (Å²) in [7, 11) is 0. The van der Waals surface area contributed by atoms with Crippen LogP contribution in [-0.2, 0) is 0 Å². The van der Waals surface area contributed by atoms with Crippen LogP contribution in [-0.4, -0.2) is 34.7 Å². The Hall–Kier alpha value is -0.0800. The molecule has 2 nitrogen and oxygen atoms in total. The van der Waals surface area contributed by atoms with Crippen molar-refractivity contribution in [1.82, 2.24) is 4.90 Å². The molecule has 0 aliphatic carbocycles. The van der Waals surface area contributed by atoms with E-state index in [-0.39, 0.29) is 6.10 Å². The van der Waals surface area contributed by atoms with E-state index >= 15 is 0 Å². The van der Waals surface area contributed by atoms with Crippen LogP contribution in [0, 0.1) is 0 Å². The van der Waals surface area contributed by atoms with Crippen LogP contribution in [0.25, 0.3) is 0 Å². The highest BCUT2D eigenvalue weighted by molar-refractivity contribution is 4.94. The summed E-state index contributed by atoms with van der Waals surface area (Å²) in [5, 5.41) is 9.48. The highest BCUT2D eigenvalue weighted by Crippen LogP contribution is 2.34. The molecule has 2 rings (SSSR count). The Labute approximate surface area is 68.2 Å². The molecule has 2 atom stereocenters. The van der Waals surface area contributed by atoms with Crippen molar-refractivity contribution in [3.05, 3.63) is 0 Å². The molecule has 2 aliphatic rings. The third kappa shape index (κ3) is 1.18. The van der Waals surface area contributed by atoms with Gasteiger partial charge in [-0.15, -0.1) is 0 Å². The molecule has 2 unspecified atom stereocenters. The van der Waals surface area contributed by atoms with Gasteiger partial charge in [0, 0.05) is 12.1 Å². The molecular formula is C9H17NO. The van der Waals surface area contributed by atoms with Gasteiger partial charge in [-0.25, -0.2) is 0 Å². The summed E-state index contributed by atoms with van der Waals surface area (Å²) in [5.74, 6) is 0. The van der Waals surface area contributed by atoms with Gasteiger partial charge in [-0.3, -0.25) is 4.90 Å². The summed E-state index contributed by atoms with van der Waals surface area (Å²) in [4.78, 5) is 2.56. The summed E-state index contributed by atoms with van der Waals surface area (Å²) in [6.45, 7) is 3.39. The lowest BCUT2D eigenvalue weighted by atomic mass is 10.0. The van der Waals surface area contributed by atoms with Gasteiger partial charge in [0.2, 0.25) is 0 Å². The monoisotopic (exact) mass is 155 g/mol. The van der Waals surface area contributed by atoms with Gasteiger partial charge in [0.25, 0.3) is 0 Å². The van der Waals surface area contributed by atoms with Crippen molar-refractivity contribution >= 4 is 0 Å². The Kier molecular flexibility index (Phi) is 1.90. The van der Waals surface area contributed by atoms with Crippen LogP contribution < -0.4 is 0 Å². The fourth-order valence-corrected chi connectivity index (χ4v) is 2.76. The Bertz CT molecular complexity index is 134. The maximum atomic E-state index is 9.48. The number of hydrogen-bond acceptors (Lipinski definition) is 2. The molecule has 0 aromatic heterocycles. The zero-order chi connectivity index (χ0) is 7.84. The van der Waals surface area contributed by atoms with Gasteiger partial charge in [0.15, 0.2) is 0 Å². The van der Waals surface area contributed by atoms with E-state index in [1.807, 2.05) is 0 Å². The second-order valence-corrected chi connectivity index (χ2v) is 3.84. The molecule has 0 aromatic rings.